The van der Waals surface area contributed by atoms with Gasteiger partial charge in [0.05, 0.1) is 18.8 Å². The van der Waals surface area contributed by atoms with Gasteiger partial charge in [0.15, 0.2) is 11.5 Å². The number of nitrogens with one attached hydrogen (secondary N) is 2. The molecule has 1 aliphatic carbocycles. The van der Waals surface area contributed by atoms with Crippen molar-refractivity contribution in [1.29, 1.82) is 5.26 Å². The normalized spacial score (nSPS) is 19.2. The molecule has 1 aromatic rings. The Hall–Kier alpha value is -4.27. The highest BCUT2D eigenvalue weighted by Gasteiger charge is 2.34. The fourth-order valence-corrected chi connectivity index (χ4v) is 4.84. The number of ether oxygens (including phenoxy) is 2. The number of nitrogens with zero attached hydrogens (tertiary/aromatic N) is 6. The Morgan fingerprint density at radius 2 is 2.05 bits per heavy atom. The standard InChI is InChI=1S/C29H40N8O4/c1-29(2,3)41-27(38)31-13-7-17-40-23-10-5-8-21(11-12-23)33-26-24(18-30)32-19-25(34-26)36-14-6-9-22(20-36)37-16-15-35(4)28(37)39/h8,10-12,19,22H,5-7,9,13-17,20H2,1-4H3,(H,31,38)(H,33,34)/t22-/m1/s1. The van der Waals surface area contributed by atoms with Gasteiger partial charge in [-0.3, -0.25) is 0 Å². The zero-order valence-electron chi connectivity index (χ0n) is 24.4. The fourth-order valence-electron chi connectivity index (χ4n) is 4.84. The summed E-state index contributed by atoms with van der Waals surface area (Å²) in [5.41, 5.74) is 0.454. The van der Waals surface area contributed by atoms with Crippen LogP contribution in [0.15, 0.2) is 42.0 Å². The minimum absolute atomic E-state index is 0.0756. The molecule has 12 heteroatoms. The van der Waals surface area contributed by atoms with Crippen molar-refractivity contribution in [1.82, 2.24) is 25.1 Å². The number of rotatable bonds is 9. The van der Waals surface area contributed by atoms with Gasteiger partial charge in [0, 0.05) is 45.5 Å². The number of amides is 3. The number of urea groups is 1. The molecular formula is C29H40N8O4. The molecule has 3 heterocycles. The number of aromatic nitrogens is 2. The van der Waals surface area contributed by atoms with Gasteiger partial charge in [0.2, 0.25) is 0 Å². The van der Waals surface area contributed by atoms with E-state index in [4.69, 9.17) is 14.5 Å². The maximum Gasteiger partial charge on any atom is 0.407 e. The molecule has 41 heavy (non-hydrogen) atoms. The third kappa shape index (κ3) is 8.36. The van der Waals surface area contributed by atoms with Crippen LogP contribution in [0.4, 0.5) is 21.2 Å². The Morgan fingerprint density at radius 1 is 1.22 bits per heavy atom. The highest BCUT2D eigenvalue weighted by molar-refractivity contribution is 5.76. The van der Waals surface area contributed by atoms with Gasteiger partial charge in [-0.2, -0.15) is 5.26 Å². The zero-order valence-corrected chi connectivity index (χ0v) is 24.4. The van der Waals surface area contributed by atoms with Crippen molar-refractivity contribution < 1.29 is 19.1 Å². The number of likely N-dealkylation sites (N-methyl/N-ethyl adjacent to an activating group) is 1. The number of anilines is 2. The SMILES string of the molecule is CN1CCN([C@@H]2CCCN(c3cnc(C#N)c(NC4=CCC=C(OCCCNC(=O)OC(C)(C)C)C=C4)n3)C2)C1=O. The van der Waals surface area contributed by atoms with Crippen molar-refractivity contribution in [2.24, 2.45) is 0 Å². The summed E-state index contributed by atoms with van der Waals surface area (Å²) in [6.07, 6.45) is 12.0. The lowest BCUT2D eigenvalue weighted by atomic mass is 10.0. The van der Waals surface area contributed by atoms with E-state index in [-0.39, 0.29) is 17.8 Å². The fraction of sp³-hybridized carbons (Fsp3) is 0.552. The summed E-state index contributed by atoms with van der Waals surface area (Å²) >= 11 is 0. The lowest BCUT2D eigenvalue weighted by molar-refractivity contribution is 0.0524. The highest BCUT2D eigenvalue weighted by Crippen LogP contribution is 2.25. The first kappa shape index (κ1) is 29.7. The number of hydrogen-bond donors (Lipinski definition) is 2. The molecule has 2 N–H and O–H groups in total. The molecule has 12 nitrogen and oxygen atoms in total. The molecule has 0 unspecified atom stereocenters. The van der Waals surface area contributed by atoms with Crippen molar-refractivity contribution >= 4 is 23.8 Å². The van der Waals surface area contributed by atoms with Crippen LogP contribution in [-0.4, -0.2) is 89.9 Å². The van der Waals surface area contributed by atoms with Crippen LogP contribution in [0.5, 0.6) is 0 Å². The molecule has 3 amide bonds. The van der Waals surface area contributed by atoms with E-state index in [0.717, 1.165) is 43.9 Å². The molecule has 0 spiro atoms. The van der Waals surface area contributed by atoms with E-state index in [1.54, 1.807) is 11.1 Å². The first-order chi connectivity index (χ1) is 19.6. The molecular weight excluding hydrogens is 524 g/mol. The number of carbonyl (C=O) groups excluding carboxylic acids is 2. The van der Waals surface area contributed by atoms with Crippen LogP contribution in [0.2, 0.25) is 0 Å². The molecule has 2 saturated heterocycles. The van der Waals surface area contributed by atoms with E-state index in [1.165, 1.54) is 0 Å². The van der Waals surface area contributed by atoms with Crippen LogP contribution >= 0.6 is 0 Å². The van der Waals surface area contributed by atoms with E-state index in [2.05, 4.69) is 26.6 Å². The number of nitriles is 1. The summed E-state index contributed by atoms with van der Waals surface area (Å²) < 4.78 is 11.1. The molecule has 3 aliphatic rings. The largest absolute Gasteiger partial charge is 0.494 e. The quantitative estimate of drug-likeness (QED) is 0.430. The van der Waals surface area contributed by atoms with Crippen LogP contribution in [0.3, 0.4) is 0 Å². The third-order valence-electron chi connectivity index (χ3n) is 6.88. The number of carbonyl (C=O) groups is 2. The molecule has 0 aromatic carbocycles. The molecule has 1 atom stereocenters. The van der Waals surface area contributed by atoms with Crippen molar-refractivity contribution in [2.45, 2.75) is 58.1 Å². The van der Waals surface area contributed by atoms with Gasteiger partial charge in [-0.25, -0.2) is 19.6 Å². The van der Waals surface area contributed by atoms with E-state index in [1.807, 2.05) is 57.0 Å². The van der Waals surface area contributed by atoms with Gasteiger partial charge in [0.1, 0.15) is 23.2 Å². The molecule has 220 valence electrons. The van der Waals surface area contributed by atoms with E-state index in [0.29, 0.717) is 44.2 Å². The number of hydrogen-bond acceptors (Lipinski definition) is 9. The topological polar surface area (TPSA) is 136 Å². The Balaban J connectivity index is 1.30. The first-order valence-electron chi connectivity index (χ1n) is 14.1. The minimum atomic E-state index is -0.528. The third-order valence-corrected chi connectivity index (χ3v) is 6.88. The van der Waals surface area contributed by atoms with E-state index < -0.39 is 11.7 Å². The Morgan fingerprint density at radius 3 is 2.78 bits per heavy atom. The second kappa shape index (κ2) is 13.4. The Kier molecular flexibility index (Phi) is 9.70. The summed E-state index contributed by atoms with van der Waals surface area (Å²) in [5.74, 6) is 1.78. The van der Waals surface area contributed by atoms with E-state index >= 15 is 0 Å². The summed E-state index contributed by atoms with van der Waals surface area (Å²) in [6.45, 7) is 9.34. The molecule has 2 aliphatic heterocycles. The summed E-state index contributed by atoms with van der Waals surface area (Å²) in [5, 5.41) is 15.6. The minimum Gasteiger partial charge on any atom is -0.494 e. The number of alkyl carbamates (subject to hydrolysis) is 1. The molecule has 0 radical (unpaired) electrons. The summed E-state index contributed by atoms with van der Waals surface area (Å²) in [6, 6.07) is 2.32. The average molecular weight is 565 g/mol. The van der Waals surface area contributed by atoms with Gasteiger partial charge < -0.3 is 34.8 Å². The molecule has 4 rings (SSSR count). The summed E-state index contributed by atoms with van der Waals surface area (Å²) in [7, 11) is 1.83. The predicted octanol–water partition coefficient (Wildman–Crippen LogP) is 3.76. The maximum atomic E-state index is 12.5. The van der Waals surface area contributed by atoms with Gasteiger partial charge in [-0.05, 0) is 64.7 Å². The Labute approximate surface area is 241 Å². The van der Waals surface area contributed by atoms with Crippen LogP contribution in [0.25, 0.3) is 0 Å². The van der Waals surface area contributed by atoms with Crippen molar-refractivity contribution in [3.8, 4) is 6.07 Å². The monoisotopic (exact) mass is 564 g/mol. The first-order valence-corrected chi connectivity index (χ1v) is 14.1. The summed E-state index contributed by atoms with van der Waals surface area (Å²) in [4.78, 5) is 39.2. The van der Waals surface area contributed by atoms with Crippen LogP contribution in [-0.2, 0) is 9.47 Å². The maximum absolute atomic E-state index is 12.5. The number of allylic oxidation sites excluding steroid dienone is 4. The van der Waals surface area contributed by atoms with Crippen molar-refractivity contribution in [2.75, 3.05) is 56.6 Å². The highest BCUT2D eigenvalue weighted by atomic mass is 16.6. The second-order valence-electron chi connectivity index (χ2n) is 11.3. The van der Waals surface area contributed by atoms with Gasteiger partial charge >= 0.3 is 12.1 Å². The second-order valence-corrected chi connectivity index (χ2v) is 11.3. The molecule has 0 saturated carbocycles. The van der Waals surface area contributed by atoms with Gasteiger partial charge in [-0.1, -0.05) is 6.08 Å². The Bertz CT molecular complexity index is 1250. The van der Waals surface area contributed by atoms with E-state index in [9.17, 15) is 14.9 Å². The van der Waals surface area contributed by atoms with Gasteiger partial charge in [-0.15, -0.1) is 0 Å². The van der Waals surface area contributed by atoms with Crippen LogP contribution in [0.1, 0.15) is 52.1 Å². The van der Waals surface area contributed by atoms with Crippen molar-refractivity contribution in [3.63, 3.8) is 0 Å². The molecule has 1 aromatic heterocycles. The molecule has 2 fully saturated rings. The lowest BCUT2D eigenvalue weighted by Crippen LogP contribution is -2.49. The van der Waals surface area contributed by atoms with Gasteiger partial charge in [0.25, 0.3) is 0 Å². The van der Waals surface area contributed by atoms with Crippen LogP contribution < -0.4 is 15.5 Å². The van der Waals surface area contributed by atoms with Crippen LogP contribution in [0, 0.1) is 11.3 Å². The lowest BCUT2D eigenvalue weighted by Gasteiger charge is -2.37. The average Bonchev–Trinajstić information content (AvgIpc) is 3.12. The smallest absolute Gasteiger partial charge is 0.407 e. The van der Waals surface area contributed by atoms with Crippen molar-refractivity contribution in [3.05, 3.63) is 47.7 Å². The number of piperidine rings is 1. The zero-order chi connectivity index (χ0) is 29.4. The predicted molar refractivity (Wildman–Crippen MR) is 155 cm³/mol. The molecule has 0 bridgehead atoms.